The second kappa shape index (κ2) is 8.41. The first-order valence-corrected chi connectivity index (χ1v) is 10.7. The molecular formula is C23H25N7O2. The highest BCUT2D eigenvalue weighted by Crippen LogP contribution is 2.25. The fourth-order valence-electron chi connectivity index (χ4n) is 4.33. The first kappa shape index (κ1) is 20.2. The van der Waals surface area contributed by atoms with Crippen molar-refractivity contribution in [3.63, 3.8) is 0 Å². The van der Waals surface area contributed by atoms with Crippen molar-refractivity contribution in [2.24, 2.45) is 5.92 Å². The number of hydrogen-bond donors (Lipinski definition) is 0. The minimum Gasteiger partial charge on any atom is -0.497 e. The van der Waals surface area contributed by atoms with Crippen molar-refractivity contribution in [1.29, 1.82) is 0 Å². The van der Waals surface area contributed by atoms with Crippen LogP contribution in [0.2, 0.25) is 0 Å². The molecule has 2 aromatic carbocycles. The molecule has 1 aliphatic heterocycles. The number of ether oxygens (including phenoxy) is 1. The molecule has 32 heavy (non-hydrogen) atoms. The number of methoxy groups -OCH3 is 1. The summed E-state index contributed by atoms with van der Waals surface area (Å²) in [5, 5.41) is 18.1. The molecule has 1 aliphatic rings. The normalized spacial score (nSPS) is 14.8. The van der Waals surface area contributed by atoms with Gasteiger partial charge in [-0.05, 0) is 69.9 Å². The van der Waals surface area contributed by atoms with Crippen LogP contribution in [0.25, 0.3) is 16.4 Å². The van der Waals surface area contributed by atoms with E-state index < -0.39 is 0 Å². The van der Waals surface area contributed by atoms with Crippen LogP contribution in [0.3, 0.4) is 0 Å². The van der Waals surface area contributed by atoms with E-state index in [0.717, 1.165) is 53.8 Å². The number of carbonyl (C=O) groups is 1. The molecule has 0 unspecified atom stereocenters. The molecule has 3 heterocycles. The lowest BCUT2D eigenvalue weighted by molar-refractivity contribution is -0.135. The van der Waals surface area contributed by atoms with E-state index in [9.17, 15) is 4.79 Å². The highest BCUT2D eigenvalue weighted by Gasteiger charge is 2.28. The highest BCUT2D eigenvalue weighted by molar-refractivity contribution is 5.85. The zero-order chi connectivity index (χ0) is 22.1. The Morgan fingerprint density at radius 3 is 2.69 bits per heavy atom. The Morgan fingerprint density at radius 1 is 1.09 bits per heavy atom. The van der Waals surface area contributed by atoms with E-state index in [4.69, 9.17) is 4.74 Å². The molecular weight excluding hydrogens is 406 g/mol. The fourth-order valence-corrected chi connectivity index (χ4v) is 4.33. The van der Waals surface area contributed by atoms with Gasteiger partial charge in [0.25, 0.3) is 0 Å². The van der Waals surface area contributed by atoms with E-state index >= 15 is 0 Å². The van der Waals surface area contributed by atoms with Crippen LogP contribution in [0.5, 0.6) is 5.75 Å². The van der Waals surface area contributed by atoms with E-state index in [0.29, 0.717) is 12.2 Å². The minimum absolute atomic E-state index is 0.0257. The molecule has 9 heteroatoms. The second-order valence-corrected chi connectivity index (χ2v) is 8.22. The number of tetrazole rings is 1. The lowest BCUT2D eigenvalue weighted by Gasteiger charge is -2.33. The van der Waals surface area contributed by atoms with Gasteiger partial charge in [-0.15, -0.1) is 14.8 Å². The van der Waals surface area contributed by atoms with Gasteiger partial charge < -0.3 is 14.5 Å². The van der Waals surface area contributed by atoms with Gasteiger partial charge in [0.05, 0.1) is 7.11 Å². The van der Waals surface area contributed by atoms with Crippen LogP contribution < -0.4 is 9.64 Å². The largest absolute Gasteiger partial charge is 0.497 e. The van der Waals surface area contributed by atoms with Crippen molar-refractivity contribution < 1.29 is 9.53 Å². The van der Waals surface area contributed by atoms with Gasteiger partial charge in [0, 0.05) is 32.6 Å². The van der Waals surface area contributed by atoms with Gasteiger partial charge in [-0.1, -0.05) is 18.2 Å². The van der Waals surface area contributed by atoms with Gasteiger partial charge >= 0.3 is 0 Å². The predicted molar refractivity (Wildman–Crippen MR) is 120 cm³/mol. The Hall–Kier alpha value is -3.75. The van der Waals surface area contributed by atoms with E-state index in [-0.39, 0.29) is 11.8 Å². The fraction of sp³-hybridized carbons (Fsp3) is 0.348. The van der Waals surface area contributed by atoms with E-state index in [2.05, 4.69) is 49.8 Å². The third kappa shape index (κ3) is 3.93. The first-order chi connectivity index (χ1) is 15.6. The van der Waals surface area contributed by atoms with Gasteiger partial charge in [0.2, 0.25) is 5.91 Å². The number of fused-ring (bicyclic) bond motifs is 2. The van der Waals surface area contributed by atoms with Crippen molar-refractivity contribution in [3.8, 4) is 5.75 Å². The van der Waals surface area contributed by atoms with Crippen LogP contribution in [0.15, 0.2) is 48.5 Å². The number of amides is 1. The standard InChI is InChI=1S/C23H25N7O2/c1-28(15-16-3-4-19-14-20(32-2)6-5-18(19)13-16)23(31)17-9-11-29(12-10-17)22-8-7-21-24-26-27-30(21)25-22/h3-8,13-14,17H,9-12,15H2,1-2H3. The monoisotopic (exact) mass is 431 g/mol. The van der Waals surface area contributed by atoms with E-state index in [1.165, 1.54) is 4.63 Å². The van der Waals surface area contributed by atoms with E-state index in [1.807, 2.05) is 36.2 Å². The molecule has 0 spiro atoms. The third-order valence-electron chi connectivity index (χ3n) is 6.13. The molecule has 0 bridgehead atoms. The summed E-state index contributed by atoms with van der Waals surface area (Å²) in [6, 6.07) is 16.1. The first-order valence-electron chi connectivity index (χ1n) is 10.7. The molecule has 1 amide bonds. The average Bonchev–Trinajstić information content (AvgIpc) is 3.31. The zero-order valence-corrected chi connectivity index (χ0v) is 18.2. The predicted octanol–water partition coefficient (Wildman–Crippen LogP) is 2.56. The Balaban J connectivity index is 1.20. The minimum atomic E-state index is 0.0257. The molecule has 0 aliphatic carbocycles. The number of anilines is 1. The number of aromatic nitrogens is 5. The van der Waals surface area contributed by atoms with Crippen molar-refractivity contribution >= 4 is 28.1 Å². The molecule has 5 rings (SSSR count). The van der Waals surface area contributed by atoms with Crippen LogP contribution in [0.1, 0.15) is 18.4 Å². The maximum atomic E-state index is 13.1. The summed E-state index contributed by atoms with van der Waals surface area (Å²) >= 11 is 0. The van der Waals surface area contributed by atoms with E-state index in [1.54, 1.807) is 7.11 Å². The Kier molecular flexibility index (Phi) is 5.30. The Labute approximate surface area is 185 Å². The summed E-state index contributed by atoms with van der Waals surface area (Å²) in [5.41, 5.74) is 1.74. The van der Waals surface area contributed by atoms with Crippen molar-refractivity contribution in [3.05, 3.63) is 54.1 Å². The van der Waals surface area contributed by atoms with Crippen LogP contribution in [-0.2, 0) is 11.3 Å². The van der Waals surface area contributed by atoms with Gasteiger partial charge in [-0.25, -0.2) is 0 Å². The van der Waals surface area contributed by atoms with Crippen molar-refractivity contribution in [2.75, 3.05) is 32.1 Å². The Morgan fingerprint density at radius 2 is 1.88 bits per heavy atom. The van der Waals surface area contributed by atoms with Gasteiger partial charge in [0.15, 0.2) is 11.5 Å². The molecule has 9 nitrogen and oxygen atoms in total. The number of piperidine rings is 1. The lowest BCUT2D eigenvalue weighted by Crippen LogP contribution is -2.41. The van der Waals surface area contributed by atoms with Gasteiger partial charge in [-0.2, -0.15) is 0 Å². The summed E-state index contributed by atoms with van der Waals surface area (Å²) in [7, 11) is 3.56. The number of rotatable bonds is 5. The number of hydrogen-bond acceptors (Lipinski definition) is 7. The number of carbonyl (C=O) groups excluding carboxylic acids is 1. The van der Waals surface area contributed by atoms with Crippen LogP contribution >= 0.6 is 0 Å². The molecule has 0 saturated carbocycles. The summed E-state index contributed by atoms with van der Waals surface area (Å²) in [6.07, 6.45) is 1.60. The molecule has 0 atom stereocenters. The summed E-state index contributed by atoms with van der Waals surface area (Å²) < 4.78 is 6.73. The molecule has 1 saturated heterocycles. The Bertz CT molecular complexity index is 1260. The lowest BCUT2D eigenvalue weighted by atomic mass is 9.95. The highest BCUT2D eigenvalue weighted by atomic mass is 16.5. The van der Waals surface area contributed by atoms with Crippen molar-refractivity contribution in [1.82, 2.24) is 30.2 Å². The van der Waals surface area contributed by atoms with Crippen LogP contribution in [-0.4, -0.2) is 63.3 Å². The quantitative estimate of drug-likeness (QED) is 0.480. The summed E-state index contributed by atoms with van der Waals surface area (Å²) in [5.74, 6) is 1.90. The van der Waals surface area contributed by atoms with Crippen LogP contribution in [0, 0.1) is 5.92 Å². The number of benzene rings is 2. The topological polar surface area (TPSA) is 88.8 Å². The molecule has 0 radical (unpaired) electrons. The van der Waals surface area contributed by atoms with Gasteiger partial charge in [0.1, 0.15) is 5.75 Å². The summed E-state index contributed by atoms with van der Waals surface area (Å²) in [6.45, 7) is 2.16. The number of nitrogens with zero attached hydrogens (tertiary/aromatic N) is 7. The van der Waals surface area contributed by atoms with Crippen LogP contribution in [0.4, 0.5) is 5.82 Å². The smallest absolute Gasteiger partial charge is 0.225 e. The molecule has 2 aromatic heterocycles. The van der Waals surface area contributed by atoms with Gasteiger partial charge in [-0.3, -0.25) is 4.79 Å². The van der Waals surface area contributed by atoms with Crippen molar-refractivity contribution in [2.45, 2.75) is 19.4 Å². The molecule has 4 aromatic rings. The average molecular weight is 432 g/mol. The summed E-state index contributed by atoms with van der Waals surface area (Å²) in [4.78, 5) is 17.1. The maximum absolute atomic E-state index is 13.1. The molecule has 1 fully saturated rings. The zero-order valence-electron chi connectivity index (χ0n) is 18.2. The second-order valence-electron chi connectivity index (χ2n) is 8.22. The maximum Gasteiger partial charge on any atom is 0.225 e. The SMILES string of the molecule is COc1ccc2cc(CN(C)C(=O)C3CCN(c4ccc5nnnn5n4)CC3)ccc2c1. The third-order valence-corrected chi connectivity index (χ3v) is 6.13. The molecule has 0 N–H and O–H groups in total. The molecule has 164 valence electrons.